The minimum atomic E-state index is -3.78. The maximum Gasteiger partial charge on any atom is 0.260 e. The molecule has 1 heterocycles. The summed E-state index contributed by atoms with van der Waals surface area (Å²) in [5.41, 5.74) is 2.25. The summed E-state index contributed by atoms with van der Waals surface area (Å²) in [5, 5.41) is 3.71. The van der Waals surface area contributed by atoms with E-state index < -0.39 is 28.3 Å². The molecule has 1 N–H and O–H groups in total. The van der Waals surface area contributed by atoms with Crippen LogP contribution in [-0.2, 0) is 14.8 Å². The molecule has 0 bridgehead atoms. The van der Waals surface area contributed by atoms with Crippen LogP contribution in [0.3, 0.4) is 0 Å². The minimum Gasteiger partial charge on any atom is -0.459 e. The maximum atomic E-state index is 13.3. The molecule has 25 heavy (non-hydrogen) atoms. The van der Waals surface area contributed by atoms with Crippen molar-refractivity contribution in [2.45, 2.75) is 6.92 Å². The molecule has 1 aromatic heterocycles. The number of amides is 1. The summed E-state index contributed by atoms with van der Waals surface area (Å²) in [4.78, 5) is 12.0. The van der Waals surface area contributed by atoms with Crippen LogP contribution in [0.25, 0.3) is 0 Å². The Hall–Kier alpha value is -2.20. The smallest absolute Gasteiger partial charge is 0.260 e. The van der Waals surface area contributed by atoms with Crippen molar-refractivity contribution in [3.63, 3.8) is 0 Å². The fourth-order valence-corrected chi connectivity index (χ4v) is 3.06. The Kier molecular flexibility index (Phi) is 5.96. The molecule has 0 fully saturated rings. The van der Waals surface area contributed by atoms with Crippen LogP contribution in [-0.4, -0.2) is 33.3 Å². The van der Waals surface area contributed by atoms with Gasteiger partial charge in [-0.2, -0.15) is 5.10 Å². The molecule has 0 saturated carbocycles. The molecule has 0 radical (unpaired) electrons. The third-order valence-corrected chi connectivity index (χ3v) is 4.97. The van der Waals surface area contributed by atoms with Gasteiger partial charge in [-0.05, 0) is 41.1 Å². The van der Waals surface area contributed by atoms with Crippen molar-refractivity contribution in [1.29, 1.82) is 0 Å². The van der Waals surface area contributed by atoms with Gasteiger partial charge in [0.05, 0.1) is 22.6 Å². The predicted molar refractivity (Wildman–Crippen MR) is 95.5 cm³/mol. The van der Waals surface area contributed by atoms with Crippen LogP contribution in [0, 0.1) is 12.7 Å². The first kappa shape index (κ1) is 19.1. The van der Waals surface area contributed by atoms with E-state index in [4.69, 9.17) is 4.42 Å². The number of rotatable bonds is 6. The third kappa shape index (κ3) is 5.40. The summed E-state index contributed by atoms with van der Waals surface area (Å²) >= 11 is 3.28. The van der Waals surface area contributed by atoms with Crippen molar-refractivity contribution >= 4 is 43.8 Å². The van der Waals surface area contributed by atoms with Crippen LogP contribution in [0.15, 0.2) is 44.3 Å². The molecule has 2 rings (SSSR count). The van der Waals surface area contributed by atoms with Crippen molar-refractivity contribution in [3.05, 3.63) is 52.1 Å². The normalized spacial score (nSPS) is 11.7. The molecular formula is C15H15BrFN3O4S. The molecule has 0 atom stereocenters. The molecule has 2 aromatic rings. The van der Waals surface area contributed by atoms with Crippen molar-refractivity contribution in [2.24, 2.45) is 5.10 Å². The van der Waals surface area contributed by atoms with Crippen molar-refractivity contribution < 1.29 is 22.0 Å². The van der Waals surface area contributed by atoms with Gasteiger partial charge in [0.25, 0.3) is 5.91 Å². The Labute approximate surface area is 152 Å². The summed E-state index contributed by atoms with van der Waals surface area (Å²) in [6.45, 7) is 1.21. The second-order valence-electron chi connectivity index (χ2n) is 5.10. The zero-order valence-corrected chi connectivity index (χ0v) is 15.8. The van der Waals surface area contributed by atoms with Crippen LogP contribution in [0.5, 0.6) is 0 Å². The lowest BCUT2D eigenvalue weighted by Gasteiger charge is -2.21. The average Bonchev–Trinajstić information content (AvgIpc) is 2.82. The van der Waals surface area contributed by atoms with E-state index in [1.165, 1.54) is 24.4 Å². The van der Waals surface area contributed by atoms with Crippen molar-refractivity contribution in [1.82, 2.24) is 5.43 Å². The van der Waals surface area contributed by atoms with E-state index in [1.807, 2.05) is 0 Å². The van der Waals surface area contributed by atoms with E-state index in [0.717, 1.165) is 21.1 Å². The Morgan fingerprint density at radius 2 is 2.16 bits per heavy atom. The summed E-state index contributed by atoms with van der Waals surface area (Å²) < 4.78 is 43.9. The number of aryl methyl sites for hydroxylation is 1. The van der Waals surface area contributed by atoms with E-state index in [0.29, 0.717) is 11.5 Å². The first-order chi connectivity index (χ1) is 11.7. The molecular weight excluding hydrogens is 417 g/mol. The zero-order valence-electron chi connectivity index (χ0n) is 13.4. The Bertz CT molecular complexity index is 892. The number of anilines is 1. The number of furan rings is 1. The highest BCUT2D eigenvalue weighted by Crippen LogP contribution is 2.19. The topological polar surface area (TPSA) is 92.0 Å². The molecule has 0 saturated heterocycles. The first-order valence-electron chi connectivity index (χ1n) is 6.98. The zero-order chi connectivity index (χ0) is 18.6. The SMILES string of the molecule is Cc1oc(/C=N\NC(=O)CN(c2cccc(F)c2)S(C)(=O)=O)cc1Br. The number of carbonyl (C=O) groups excluding carboxylic acids is 1. The summed E-state index contributed by atoms with van der Waals surface area (Å²) in [6.07, 6.45) is 2.21. The molecule has 0 unspecified atom stereocenters. The van der Waals surface area contributed by atoms with Crippen LogP contribution < -0.4 is 9.73 Å². The van der Waals surface area contributed by atoms with Crippen LogP contribution >= 0.6 is 15.9 Å². The second-order valence-corrected chi connectivity index (χ2v) is 7.86. The van der Waals surface area contributed by atoms with Crippen LogP contribution in [0.1, 0.15) is 11.5 Å². The maximum absolute atomic E-state index is 13.3. The largest absolute Gasteiger partial charge is 0.459 e. The van der Waals surface area contributed by atoms with Gasteiger partial charge in [-0.25, -0.2) is 18.2 Å². The minimum absolute atomic E-state index is 0.0484. The number of sulfonamides is 1. The second kappa shape index (κ2) is 7.79. The van der Waals surface area contributed by atoms with E-state index in [-0.39, 0.29) is 5.69 Å². The lowest BCUT2D eigenvalue weighted by atomic mass is 10.3. The van der Waals surface area contributed by atoms with Gasteiger partial charge >= 0.3 is 0 Å². The lowest BCUT2D eigenvalue weighted by Crippen LogP contribution is -2.39. The number of benzene rings is 1. The first-order valence-corrected chi connectivity index (χ1v) is 9.62. The average molecular weight is 432 g/mol. The number of nitrogens with zero attached hydrogens (tertiary/aromatic N) is 2. The number of carbonyl (C=O) groups is 1. The predicted octanol–water partition coefficient (Wildman–Crippen LogP) is 2.41. The van der Waals surface area contributed by atoms with Crippen LogP contribution in [0.4, 0.5) is 10.1 Å². The van der Waals surface area contributed by atoms with Gasteiger partial charge in [0.15, 0.2) is 0 Å². The quantitative estimate of drug-likeness (QED) is 0.561. The highest BCUT2D eigenvalue weighted by atomic mass is 79.9. The molecule has 0 aliphatic heterocycles. The summed E-state index contributed by atoms with van der Waals surface area (Å²) in [7, 11) is -3.78. The molecule has 1 amide bonds. The number of nitrogens with one attached hydrogen (secondary N) is 1. The van der Waals surface area contributed by atoms with Crippen molar-refractivity contribution in [3.8, 4) is 0 Å². The standard InChI is InChI=1S/C15H15BrFN3O4S/c1-10-14(16)7-13(24-10)8-18-19-15(21)9-20(25(2,22)23)12-5-3-4-11(17)6-12/h3-8H,9H2,1-2H3,(H,19,21)/b18-8-. The third-order valence-electron chi connectivity index (χ3n) is 3.04. The molecule has 134 valence electrons. The number of hydrazone groups is 1. The van der Waals surface area contributed by atoms with E-state index >= 15 is 0 Å². The van der Waals surface area contributed by atoms with Gasteiger partial charge in [-0.1, -0.05) is 6.07 Å². The van der Waals surface area contributed by atoms with Gasteiger partial charge in [0, 0.05) is 6.07 Å². The van der Waals surface area contributed by atoms with Gasteiger partial charge in [0.1, 0.15) is 23.9 Å². The molecule has 0 aliphatic rings. The van der Waals surface area contributed by atoms with E-state index in [9.17, 15) is 17.6 Å². The van der Waals surface area contributed by atoms with Crippen molar-refractivity contribution in [2.75, 3.05) is 17.1 Å². The van der Waals surface area contributed by atoms with E-state index in [2.05, 4.69) is 26.5 Å². The molecule has 10 heteroatoms. The van der Waals surface area contributed by atoms with Crippen LogP contribution in [0.2, 0.25) is 0 Å². The number of halogens is 2. The van der Waals surface area contributed by atoms with Gasteiger partial charge in [-0.15, -0.1) is 0 Å². The molecule has 0 aliphatic carbocycles. The number of hydrogen-bond acceptors (Lipinski definition) is 5. The number of hydrogen-bond donors (Lipinski definition) is 1. The Balaban J connectivity index is 2.07. The molecule has 1 aromatic carbocycles. The highest BCUT2D eigenvalue weighted by Gasteiger charge is 2.21. The fraction of sp³-hybridized carbons (Fsp3) is 0.200. The summed E-state index contributed by atoms with van der Waals surface area (Å²) in [5.74, 6) is -0.228. The van der Waals surface area contributed by atoms with Gasteiger partial charge in [0.2, 0.25) is 10.0 Å². The van der Waals surface area contributed by atoms with E-state index in [1.54, 1.807) is 13.0 Å². The van der Waals surface area contributed by atoms with Gasteiger partial charge in [-0.3, -0.25) is 9.10 Å². The highest BCUT2D eigenvalue weighted by molar-refractivity contribution is 9.10. The summed E-state index contributed by atoms with van der Waals surface area (Å²) in [6, 6.07) is 6.62. The Morgan fingerprint density at radius 3 is 2.72 bits per heavy atom. The fourth-order valence-electron chi connectivity index (χ4n) is 1.91. The van der Waals surface area contributed by atoms with Gasteiger partial charge < -0.3 is 4.42 Å². The molecule has 7 nitrogen and oxygen atoms in total. The Morgan fingerprint density at radius 1 is 1.44 bits per heavy atom. The molecule has 0 spiro atoms. The lowest BCUT2D eigenvalue weighted by molar-refractivity contribution is -0.119. The monoisotopic (exact) mass is 431 g/mol.